The zero-order valence-corrected chi connectivity index (χ0v) is 13.8. The second-order valence-corrected chi connectivity index (χ2v) is 7.54. The molecule has 0 saturated heterocycles. The molecule has 102 valence electrons. The zero-order valence-electron chi connectivity index (χ0n) is 11.4. The summed E-state index contributed by atoms with van der Waals surface area (Å²) in [7, 11) is 0. The van der Waals surface area contributed by atoms with Crippen molar-refractivity contribution in [3.63, 3.8) is 0 Å². The molecule has 1 aliphatic carbocycles. The fraction of sp³-hybridized carbons (Fsp3) is 0.733. The Hall–Kier alpha value is 0.140. The highest BCUT2D eigenvalue weighted by Gasteiger charge is 2.26. The van der Waals surface area contributed by atoms with E-state index in [2.05, 4.69) is 46.5 Å². The summed E-state index contributed by atoms with van der Waals surface area (Å²) in [5.41, 5.74) is 0. The summed E-state index contributed by atoms with van der Waals surface area (Å²) in [5.74, 6) is 1.79. The third-order valence-electron chi connectivity index (χ3n) is 4.06. The van der Waals surface area contributed by atoms with Crippen molar-refractivity contribution < 1.29 is 0 Å². The van der Waals surface area contributed by atoms with Gasteiger partial charge >= 0.3 is 0 Å². The van der Waals surface area contributed by atoms with E-state index in [4.69, 9.17) is 0 Å². The molecule has 1 aliphatic rings. The van der Waals surface area contributed by atoms with Crippen LogP contribution >= 0.6 is 27.3 Å². The molecular weight excluding hydrogens is 306 g/mol. The Morgan fingerprint density at radius 1 is 1.50 bits per heavy atom. The minimum Gasteiger partial charge on any atom is -0.314 e. The molecule has 0 radical (unpaired) electrons. The van der Waals surface area contributed by atoms with Crippen LogP contribution in [0.15, 0.2) is 15.9 Å². The molecule has 18 heavy (non-hydrogen) atoms. The van der Waals surface area contributed by atoms with E-state index in [1.807, 2.05) is 11.3 Å². The smallest absolute Gasteiger partial charge is 0.0285 e. The topological polar surface area (TPSA) is 12.0 Å². The van der Waals surface area contributed by atoms with E-state index in [1.54, 1.807) is 0 Å². The van der Waals surface area contributed by atoms with Gasteiger partial charge in [-0.05, 0) is 59.6 Å². The number of nitrogens with one attached hydrogen (secondary N) is 1. The first-order chi connectivity index (χ1) is 8.69. The van der Waals surface area contributed by atoms with Crippen LogP contribution in [-0.4, -0.2) is 12.6 Å². The molecule has 2 rings (SSSR count). The molecule has 0 aliphatic heterocycles. The molecule has 0 amide bonds. The van der Waals surface area contributed by atoms with E-state index in [1.165, 1.54) is 41.5 Å². The highest BCUT2D eigenvalue weighted by Crippen LogP contribution is 2.33. The SMILES string of the molecule is CCNC(Cc1cc(Br)cs1)C1CCCC(C)C1. The maximum absolute atomic E-state index is 3.72. The van der Waals surface area contributed by atoms with Crippen LogP contribution in [0.1, 0.15) is 44.4 Å². The summed E-state index contributed by atoms with van der Waals surface area (Å²) < 4.78 is 1.23. The predicted molar refractivity (Wildman–Crippen MR) is 84.3 cm³/mol. The van der Waals surface area contributed by atoms with Gasteiger partial charge in [0.1, 0.15) is 0 Å². The Kier molecular flexibility index (Phi) is 5.71. The molecule has 3 atom stereocenters. The van der Waals surface area contributed by atoms with E-state index in [9.17, 15) is 0 Å². The summed E-state index contributed by atoms with van der Waals surface area (Å²) >= 11 is 5.44. The van der Waals surface area contributed by atoms with E-state index in [0.717, 1.165) is 18.4 Å². The van der Waals surface area contributed by atoms with Gasteiger partial charge in [-0.1, -0.05) is 26.7 Å². The normalized spacial score (nSPS) is 26.2. The van der Waals surface area contributed by atoms with Gasteiger partial charge in [0.2, 0.25) is 0 Å². The van der Waals surface area contributed by atoms with Crippen molar-refractivity contribution in [1.82, 2.24) is 5.32 Å². The highest BCUT2D eigenvalue weighted by molar-refractivity contribution is 9.10. The molecule has 0 spiro atoms. The van der Waals surface area contributed by atoms with Crippen LogP contribution in [0.5, 0.6) is 0 Å². The van der Waals surface area contributed by atoms with Gasteiger partial charge in [0.05, 0.1) is 0 Å². The van der Waals surface area contributed by atoms with Gasteiger partial charge in [0.25, 0.3) is 0 Å². The fourth-order valence-electron chi connectivity index (χ4n) is 3.19. The van der Waals surface area contributed by atoms with Crippen LogP contribution < -0.4 is 5.32 Å². The van der Waals surface area contributed by atoms with Gasteiger partial charge in [-0.3, -0.25) is 0 Å². The number of hydrogen-bond donors (Lipinski definition) is 1. The van der Waals surface area contributed by atoms with E-state index >= 15 is 0 Å². The molecule has 1 N–H and O–H groups in total. The van der Waals surface area contributed by atoms with E-state index in [0.29, 0.717) is 6.04 Å². The molecule has 1 saturated carbocycles. The number of hydrogen-bond acceptors (Lipinski definition) is 2. The average Bonchev–Trinajstić information content (AvgIpc) is 2.74. The van der Waals surface area contributed by atoms with E-state index in [-0.39, 0.29) is 0 Å². The first kappa shape index (κ1) is 14.5. The minimum atomic E-state index is 0.670. The lowest BCUT2D eigenvalue weighted by Crippen LogP contribution is -2.39. The molecule has 0 aromatic carbocycles. The van der Waals surface area contributed by atoms with Crippen molar-refractivity contribution in [2.75, 3.05) is 6.54 Å². The van der Waals surface area contributed by atoms with Gasteiger partial charge in [0.15, 0.2) is 0 Å². The highest BCUT2D eigenvalue weighted by atomic mass is 79.9. The zero-order chi connectivity index (χ0) is 13.0. The molecule has 0 bridgehead atoms. The maximum Gasteiger partial charge on any atom is 0.0285 e. The number of rotatable bonds is 5. The molecule has 1 fully saturated rings. The number of likely N-dealkylation sites (N-methyl/N-ethyl adjacent to an activating group) is 1. The maximum atomic E-state index is 3.72. The molecule has 3 unspecified atom stereocenters. The standard InChI is InChI=1S/C15H24BrNS/c1-3-17-15(9-14-8-13(16)10-18-14)12-6-4-5-11(2)7-12/h8,10-12,15,17H,3-7,9H2,1-2H3. The average molecular weight is 330 g/mol. The van der Waals surface area contributed by atoms with Gasteiger partial charge in [-0.25, -0.2) is 0 Å². The number of thiophene rings is 1. The predicted octanol–water partition coefficient (Wildman–Crippen LogP) is 4.86. The first-order valence-electron chi connectivity index (χ1n) is 7.15. The summed E-state index contributed by atoms with van der Waals surface area (Å²) in [6.07, 6.45) is 6.86. The van der Waals surface area contributed by atoms with Crippen LogP contribution in [-0.2, 0) is 6.42 Å². The van der Waals surface area contributed by atoms with E-state index < -0.39 is 0 Å². The summed E-state index contributed by atoms with van der Waals surface area (Å²) in [5, 5.41) is 5.92. The van der Waals surface area contributed by atoms with Crippen molar-refractivity contribution in [3.05, 3.63) is 20.8 Å². The van der Waals surface area contributed by atoms with Crippen LogP contribution in [0.3, 0.4) is 0 Å². The Morgan fingerprint density at radius 2 is 2.33 bits per heavy atom. The van der Waals surface area contributed by atoms with Gasteiger partial charge < -0.3 is 5.32 Å². The molecule has 1 aromatic heterocycles. The minimum absolute atomic E-state index is 0.670. The lowest BCUT2D eigenvalue weighted by Gasteiger charge is -2.33. The lowest BCUT2D eigenvalue weighted by molar-refractivity contribution is 0.223. The summed E-state index contributed by atoms with van der Waals surface area (Å²) in [6.45, 7) is 5.72. The Bertz CT molecular complexity index is 363. The van der Waals surface area contributed by atoms with Crippen molar-refractivity contribution in [3.8, 4) is 0 Å². The van der Waals surface area contributed by atoms with Gasteiger partial charge in [0, 0.05) is 20.8 Å². The second-order valence-electron chi connectivity index (χ2n) is 5.63. The van der Waals surface area contributed by atoms with Crippen molar-refractivity contribution in [1.29, 1.82) is 0 Å². The van der Waals surface area contributed by atoms with Gasteiger partial charge in [-0.2, -0.15) is 0 Å². The van der Waals surface area contributed by atoms with Crippen LogP contribution in [0.4, 0.5) is 0 Å². The Morgan fingerprint density at radius 3 is 2.94 bits per heavy atom. The largest absolute Gasteiger partial charge is 0.314 e. The number of halogens is 1. The van der Waals surface area contributed by atoms with Crippen molar-refractivity contribution >= 4 is 27.3 Å². The van der Waals surface area contributed by atoms with Crippen LogP contribution in [0, 0.1) is 11.8 Å². The van der Waals surface area contributed by atoms with Crippen LogP contribution in [0.2, 0.25) is 0 Å². The van der Waals surface area contributed by atoms with Gasteiger partial charge in [-0.15, -0.1) is 11.3 Å². The Balaban J connectivity index is 1.98. The third-order valence-corrected chi connectivity index (χ3v) is 5.78. The molecule has 3 heteroatoms. The molecule has 1 heterocycles. The van der Waals surface area contributed by atoms with Crippen molar-refractivity contribution in [2.24, 2.45) is 11.8 Å². The summed E-state index contributed by atoms with van der Waals surface area (Å²) in [6, 6.07) is 2.95. The monoisotopic (exact) mass is 329 g/mol. The van der Waals surface area contributed by atoms with Crippen LogP contribution in [0.25, 0.3) is 0 Å². The third kappa shape index (κ3) is 4.07. The summed E-state index contributed by atoms with van der Waals surface area (Å²) in [4.78, 5) is 1.51. The first-order valence-corrected chi connectivity index (χ1v) is 8.82. The molecule has 1 nitrogen and oxygen atoms in total. The second kappa shape index (κ2) is 7.06. The van der Waals surface area contributed by atoms with Crippen molar-refractivity contribution in [2.45, 2.75) is 52.0 Å². The fourth-order valence-corrected chi connectivity index (χ4v) is 4.70. The molecular formula is C15H24BrNS. The molecule has 1 aromatic rings. The quantitative estimate of drug-likeness (QED) is 0.813. The Labute approximate surface area is 123 Å². The lowest BCUT2D eigenvalue weighted by atomic mass is 9.77.